The monoisotopic (exact) mass is 720 g/mol. The van der Waals surface area contributed by atoms with Crippen LogP contribution in [0.3, 0.4) is 0 Å². The third kappa shape index (κ3) is 5.69. The largest absolute Gasteiger partial charge is 0.343 e. The van der Waals surface area contributed by atoms with Crippen molar-refractivity contribution in [2.24, 2.45) is 5.92 Å². The summed E-state index contributed by atoms with van der Waals surface area (Å²) < 4.78 is 0. The summed E-state index contributed by atoms with van der Waals surface area (Å²) in [5, 5.41) is 0. The topological polar surface area (TPSA) is 22.6 Å². The molecule has 0 spiro atoms. The lowest BCUT2D eigenvalue weighted by molar-refractivity contribution is 0.590. The van der Waals surface area contributed by atoms with Gasteiger partial charge in [-0.2, -0.15) is 0 Å². The van der Waals surface area contributed by atoms with E-state index in [1.165, 1.54) is 61.7 Å². The number of aromatic nitrogens is 1. The number of pyridine rings is 1. The van der Waals surface area contributed by atoms with Crippen molar-refractivity contribution in [2.45, 2.75) is 91.5 Å². The van der Waals surface area contributed by atoms with Gasteiger partial charge in [-0.1, -0.05) is 141 Å². The normalized spacial score (nSPS) is 18.7. The number of allylic oxidation sites excluding steroid dienone is 2. The summed E-state index contributed by atoms with van der Waals surface area (Å²) in [5.41, 5.74) is 16.3. The number of benzene rings is 4. The maximum atomic E-state index is 5.53. The minimum atomic E-state index is -0.0279. The molecule has 0 amide bonds. The molecule has 0 saturated carbocycles. The molecule has 2 unspecified atom stereocenters. The van der Waals surface area contributed by atoms with Gasteiger partial charge in [-0.3, -0.25) is 4.90 Å². The Morgan fingerprint density at radius 1 is 0.564 bits per heavy atom. The highest BCUT2D eigenvalue weighted by Crippen LogP contribution is 2.52. The highest BCUT2D eigenvalue weighted by molar-refractivity contribution is 6.95. The van der Waals surface area contributed by atoms with Gasteiger partial charge in [0.2, 0.25) is 0 Å². The lowest BCUT2D eigenvalue weighted by atomic mass is 9.35. The van der Waals surface area contributed by atoms with Gasteiger partial charge in [0.05, 0.1) is 6.04 Å². The van der Waals surface area contributed by atoms with Gasteiger partial charge in [-0.25, -0.2) is 4.98 Å². The number of hydrogen-bond donors (Lipinski definition) is 0. The van der Waals surface area contributed by atoms with Gasteiger partial charge in [0, 0.05) is 51.3 Å². The summed E-state index contributed by atoms with van der Waals surface area (Å²) in [6.45, 7) is 22.8. The standard InChI is InChI=1S/C50H53BN4/c1-32-30-43-44-47(52-32)55(38-27-22-34(23-28-38)49(5,6)7)42-31-35(50(8,9)10)24-29-40(42)51(44)46-45(53(43)37-25-20-33(21-26-37)48(2,3)4)39-18-14-15-19-41(39)54(46)36-16-12-11-13-17-36/h11-31,39,41H,1-10H3. The molecule has 0 radical (unpaired) electrons. The van der Waals surface area contributed by atoms with Crippen LogP contribution in [0.4, 0.5) is 34.3 Å². The molecule has 276 valence electrons. The second-order valence-electron chi connectivity index (χ2n) is 19.0. The molecule has 4 heterocycles. The molecule has 9 rings (SSSR count). The van der Waals surface area contributed by atoms with Crippen LogP contribution in [0.25, 0.3) is 0 Å². The van der Waals surface area contributed by atoms with E-state index < -0.39 is 0 Å². The van der Waals surface area contributed by atoms with Crippen LogP contribution in [0, 0.1) is 12.8 Å². The summed E-state index contributed by atoms with van der Waals surface area (Å²) in [6.07, 6.45) is 9.30. The molecular formula is C50H53BN4. The Kier molecular flexibility index (Phi) is 7.96. The van der Waals surface area contributed by atoms with Crippen LogP contribution in [-0.4, -0.2) is 17.7 Å². The van der Waals surface area contributed by atoms with Gasteiger partial charge in [0.1, 0.15) is 5.82 Å². The summed E-state index contributed by atoms with van der Waals surface area (Å²) in [5.74, 6) is 1.17. The van der Waals surface area contributed by atoms with Crippen LogP contribution in [0.1, 0.15) is 84.7 Å². The quantitative estimate of drug-likeness (QED) is 0.173. The molecular weight excluding hydrogens is 667 g/mol. The van der Waals surface area contributed by atoms with Gasteiger partial charge in [-0.15, -0.1) is 0 Å². The zero-order chi connectivity index (χ0) is 38.6. The van der Waals surface area contributed by atoms with Crippen molar-refractivity contribution in [2.75, 3.05) is 14.7 Å². The number of anilines is 6. The Hall–Kier alpha value is -5.29. The van der Waals surface area contributed by atoms with Crippen molar-refractivity contribution in [3.05, 3.63) is 161 Å². The average Bonchev–Trinajstić information content (AvgIpc) is 3.48. The van der Waals surface area contributed by atoms with E-state index in [4.69, 9.17) is 4.98 Å². The molecule has 0 bridgehead atoms. The molecule has 1 aromatic heterocycles. The highest BCUT2D eigenvalue weighted by atomic mass is 15.3. The Morgan fingerprint density at radius 3 is 1.73 bits per heavy atom. The molecule has 4 aliphatic rings. The minimum absolute atomic E-state index is 0.0246. The summed E-state index contributed by atoms with van der Waals surface area (Å²) in [6, 6.07) is 39.3. The number of hydrogen-bond acceptors (Lipinski definition) is 4. The molecule has 0 fully saturated rings. The van der Waals surface area contributed by atoms with Gasteiger partial charge in [0.15, 0.2) is 0 Å². The molecule has 5 aromatic rings. The number of aryl methyl sites for hydroxylation is 1. The lowest BCUT2D eigenvalue weighted by Crippen LogP contribution is -2.58. The van der Waals surface area contributed by atoms with Crippen LogP contribution in [0.15, 0.2) is 139 Å². The van der Waals surface area contributed by atoms with Crippen molar-refractivity contribution in [3.63, 3.8) is 0 Å². The molecule has 4 nitrogen and oxygen atoms in total. The minimum Gasteiger partial charge on any atom is -0.343 e. The number of fused-ring (bicyclic) bond motifs is 5. The highest BCUT2D eigenvalue weighted by Gasteiger charge is 2.54. The van der Waals surface area contributed by atoms with Crippen molar-refractivity contribution in [3.8, 4) is 0 Å². The SMILES string of the molecule is Cc1cc2c3c(n1)N(c1ccc(C(C)(C)C)cc1)c1cc(C(C)(C)C)ccc1B3C1=C(C3C=CC=CC3N1c1ccccc1)N2c1ccc(C(C)(C)C)cc1. The van der Waals surface area contributed by atoms with Crippen molar-refractivity contribution in [1.29, 1.82) is 0 Å². The van der Waals surface area contributed by atoms with Crippen molar-refractivity contribution >= 4 is 51.9 Å². The van der Waals surface area contributed by atoms with Gasteiger partial charge in [0.25, 0.3) is 6.71 Å². The smallest absolute Gasteiger partial charge is 0.274 e. The maximum absolute atomic E-state index is 5.53. The third-order valence-corrected chi connectivity index (χ3v) is 12.1. The fourth-order valence-electron chi connectivity index (χ4n) is 9.17. The first-order valence-corrected chi connectivity index (χ1v) is 20.0. The average molecular weight is 721 g/mol. The molecule has 3 aliphatic heterocycles. The Balaban J connectivity index is 1.38. The molecule has 0 N–H and O–H groups in total. The van der Waals surface area contributed by atoms with Crippen LogP contribution in [0.5, 0.6) is 0 Å². The molecule has 2 atom stereocenters. The van der Waals surface area contributed by atoms with E-state index in [1.807, 2.05) is 0 Å². The Morgan fingerprint density at radius 2 is 1.13 bits per heavy atom. The first kappa shape index (κ1) is 35.4. The fourth-order valence-corrected chi connectivity index (χ4v) is 9.17. The third-order valence-electron chi connectivity index (χ3n) is 12.1. The summed E-state index contributed by atoms with van der Waals surface area (Å²) in [7, 11) is 0. The molecule has 4 aromatic carbocycles. The number of rotatable bonds is 3. The Bertz CT molecular complexity index is 2400. The Labute approximate surface area is 329 Å². The predicted octanol–water partition coefficient (Wildman–Crippen LogP) is 11.2. The van der Waals surface area contributed by atoms with Gasteiger partial charge in [-0.05, 0) is 99.3 Å². The maximum Gasteiger partial charge on any atom is 0.274 e. The zero-order valence-corrected chi connectivity index (χ0v) is 34.1. The van der Waals surface area contributed by atoms with E-state index in [9.17, 15) is 0 Å². The first-order chi connectivity index (χ1) is 26.1. The van der Waals surface area contributed by atoms with E-state index >= 15 is 0 Å². The van der Waals surface area contributed by atoms with Crippen molar-refractivity contribution in [1.82, 2.24) is 4.98 Å². The first-order valence-electron chi connectivity index (χ1n) is 20.0. The van der Waals surface area contributed by atoms with Crippen LogP contribution < -0.4 is 25.6 Å². The molecule has 0 saturated heterocycles. The van der Waals surface area contributed by atoms with E-state index in [1.54, 1.807) is 0 Å². The van der Waals surface area contributed by atoms with Crippen LogP contribution in [-0.2, 0) is 16.2 Å². The van der Waals surface area contributed by atoms with Crippen molar-refractivity contribution < 1.29 is 0 Å². The number of nitrogens with zero attached hydrogens (tertiary/aromatic N) is 4. The summed E-state index contributed by atoms with van der Waals surface area (Å²) in [4.78, 5) is 13.2. The van der Waals surface area contributed by atoms with E-state index in [2.05, 4.69) is 211 Å². The van der Waals surface area contributed by atoms with E-state index in [-0.39, 0.29) is 34.9 Å². The molecule has 55 heavy (non-hydrogen) atoms. The number of para-hydroxylation sites is 1. The molecule has 5 heteroatoms. The lowest BCUT2D eigenvalue weighted by Gasteiger charge is -2.45. The predicted molar refractivity (Wildman–Crippen MR) is 235 cm³/mol. The van der Waals surface area contributed by atoms with E-state index in [0.717, 1.165) is 17.2 Å². The summed E-state index contributed by atoms with van der Waals surface area (Å²) >= 11 is 0. The zero-order valence-electron chi connectivity index (χ0n) is 34.1. The molecule has 1 aliphatic carbocycles. The second-order valence-corrected chi connectivity index (χ2v) is 19.0. The van der Waals surface area contributed by atoms with Gasteiger partial charge < -0.3 is 9.80 Å². The van der Waals surface area contributed by atoms with Crippen LogP contribution in [0.2, 0.25) is 0 Å². The van der Waals surface area contributed by atoms with Gasteiger partial charge >= 0.3 is 0 Å². The van der Waals surface area contributed by atoms with Crippen LogP contribution >= 0.6 is 0 Å². The fraction of sp³-hybridized carbons (Fsp3) is 0.300. The second kappa shape index (κ2) is 12.4. The van der Waals surface area contributed by atoms with E-state index in [0.29, 0.717) is 0 Å².